The Labute approximate surface area is 109 Å². The van der Waals surface area contributed by atoms with Crippen molar-refractivity contribution in [2.75, 3.05) is 19.8 Å². The number of rotatable bonds is 4. The monoisotopic (exact) mass is 247 g/mol. The molecule has 98 valence electrons. The van der Waals surface area contributed by atoms with Crippen molar-refractivity contribution in [2.24, 2.45) is 0 Å². The molecule has 1 unspecified atom stereocenters. The minimum atomic E-state index is 0.177. The predicted octanol–water partition coefficient (Wildman–Crippen LogP) is 3.07. The molecule has 1 N–H and O–H groups in total. The lowest BCUT2D eigenvalue weighted by molar-refractivity contribution is 0.169. The van der Waals surface area contributed by atoms with E-state index in [2.05, 4.69) is 38.2 Å². The van der Waals surface area contributed by atoms with Crippen molar-refractivity contribution in [1.82, 2.24) is 5.32 Å². The van der Waals surface area contributed by atoms with Crippen LogP contribution in [0.15, 0.2) is 29.8 Å². The van der Waals surface area contributed by atoms with Gasteiger partial charge in [0.2, 0.25) is 0 Å². The van der Waals surface area contributed by atoms with Crippen LogP contribution >= 0.6 is 0 Å². The standard InChI is InChI=1S/C15H21NO2/c1-4-16-13(10-11(2)3)12-6-5-7-14-15(12)18-9-8-17-14/h5-7,10,13,16H,4,8-9H2,1-3H3. The first-order valence-corrected chi connectivity index (χ1v) is 6.49. The zero-order chi connectivity index (χ0) is 13.0. The lowest BCUT2D eigenvalue weighted by Crippen LogP contribution is -2.22. The second-order valence-corrected chi connectivity index (χ2v) is 4.65. The van der Waals surface area contributed by atoms with Crippen LogP contribution in [0.5, 0.6) is 11.5 Å². The van der Waals surface area contributed by atoms with Gasteiger partial charge in [0, 0.05) is 5.56 Å². The van der Waals surface area contributed by atoms with Crippen LogP contribution in [0.1, 0.15) is 32.4 Å². The molecular formula is C15H21NO2. The number of hydrogen-bond donors (Lipinski definition) is 1. The normalized spacial score (nSPS) is 15.1. The van der Waals surface area contributed by atoms with Crippen LogP contribution in [0.25, 0.3) is 0 Å². The number of allylic oxidation sites excluding steroid dienone is 1. The second kappa shape index (κ2) is 5.91. The molecule has 0 amide bonds. The number of para-hydroxylation sites is 1. The van der Waals surface area contributed by atoms with E-state index in [1.165, 1.54) is 5.57 Å². The van der Waals surface area contributed by atoms with Gasteiger partial charge in [0.15, 0.2) is 11.5 Å². The van der Waals surface area contributed by atoms with Gasteiger partial charge in [-0.15, -0.1) is 0 Å². The summed E-state index contributed by atoms with van der Waals surface area (Å²) in [7, 11) is 0. The SMILES string of the molecule is CCNC(C=C(C)C)c1cccc2c1OCCO2. The van der Waals surface area contributed by atoms with Crippen molar-refractivity contribution >= 4 is 0 Å². The van der Waals surface area contributed by atoms with Crippen molar-refractivity contribution in [2.45, 2.75) is 26.8 Å². The Bertz CT molecular complexity index is 436. The van der Waals surface area contributed by atoms with Crippen molar-refractivity contribution in [1.29, 1.82) is 0 Å². The summed E-state index contributed by atoms with van der Waals surface area (Å²) in [6.45, 7) is 8.49. The smallest absolute Gasteiger partial charge is 0.166 e. The number of hydrogen-bond acceptors (Lipinski definition) is 3. The van der Waals surface area contributed by atoms with Crippen LogP contribution in [0, 0.1) is 0 Å². The van der Waals surface area contributed by atoms with Gasteiger partial charge in [-0.3, -0.25) is 0 Å². The molecule has 0 saturated carbocycles. The van der Waals surface area contributed by atoms with Crippen LogP contribution in [-0.4, -0.2) is 19.8 Å². The van der Waals surface area contributed by atoms with Crippen molar-refractivity contribution in [3.8, 4) is 11.5 Å². The minimum Gasteiger partial charge on any atom is -0.486 e. The quantitative estimate of drug-likeness (QED) is 0.829. The van der Waals surface area contributed by atoms with Gasteiger partial charge < -0.3 is 14.8 Å². The zero-order valence-corrected chi connectivity index (χ0v) is 11.3. The summed E-state index contributed by atoms with van der Waals surface area (Å²) in [6, 6.07) is 6.26. The summed E-state index contributed by atoms with van der Waals surface area (Å²) in [4.78, 5) is 0. The summed E-state index contributed by atoms with van der Waals surface area (Å²) < 4.78 is 11.4. The molecule has 1 aromatic carbocycles. The first kappa shape index (κ1) is 13.0. The summed E-state index contributed by atoms with van der Waals surface area (Å²) in [5, 5.41) is 3.47. The van der Waals surface area contributed by atoms with Gasteiger partial charge in [0.05, 0.1) is 6.04 Å². The number of fused-ring (bicyclic) bond motifs is 1. The average Bonchev–Trinajstić information content (AvgIpc) is 2.37. The fourth-order valence-electron chi connectivity index (χ4n) is 2.15. The lowest BCUT2D eigenvalue weighted by atomic mass is 10.0. The Morgan fingerprint density at radius 3 is 2.83 bits per heavy atom. The van der Waals surface area contributed by atoms with Crippen LogP contribution < -0.4 is 14.8 Å². The van der Waals surface area contributed by atoms with Gasteiger partial charge in [-0.2, -0.15) is 0 Å². The van der Waals surface area contributed by atoms with E-state index in [9.17, 15) is 0 Å². The van der Waals surface area contributed by atoms with Crippen LogP contribution in [0.2, 0.25) is 0 Å². The van der Waals surface area contributed by atoms with Gasteiger partial charge in [0.25, 0.3) is 0 Å². The highest BCUT2D eigenvalue weighted by molar-refractivity contribution is 5.50. The zero-order valence-electron chi connectivity index (χ0n) is 11.3. The fraction of sp³-hybridized carbons (Fsp3) is 0.467. The van der Waals surface area contributed by atoms with Gasteiger partial charge >= 0.3 is 0 Å². The van der Waals surface area contributed by atoms with Crippen LogP contribution in [0.3, 0.4) is 0 Å². The van der Waals surface area contributed by atoms with Gasteiger partial charge in [-0.05, 0) is 26.5 Å². The van der Waals surface area contributed by atoms with Gasteiger partial charge in [-0.1, -0.05) is 30.7 Å². The Kier molecular flexibility index (Phi) is 4.26. The fourth-order valence-corrected chi connectivity index (χ4v) is 2.15. The Morgan fingerprint density at radius 2 is 2.11 bits per heavy atom. The minimum absolute atomic E-state index is 0.177. The molecular weight excluding hydrogens is 226 g/mol. The van der Waals surface area contributed by atoms with Crippen LogP contribution in [0.4, 0.5) is 0 Å². The molecule has 18 heavy (non-hydrogen) atoms. The van der Waals surface area contributed by atoms with E-state index in [4.69, 9.17) is 9.47 Å². The number of likely N-dealkylation sites (N-methyl/N-ethyl adjacent to an activating group) is 1. The molecule has 2 rings (SSSR count). The molecule has 0 spiro atoms. The topological polar surface area (TPSA) is 30.5 Å². The highest BCUT2D eigenvalue weighted by Gasteiger charge is 2.20. The van der Waals surface area contributed by atoms with Crippen LogP contribution in [-0.2, 0) is 0 Å². The molecule has 1 heterocycles. The second-order valence-electron chi connectivity index (χ2n) is 4.65. The Morgan fingerprint density at radius 1 is 1.33 bits per heavy atom. The molecule has 0 radical (unpaired) electrons. The maximum absolute atomic E-state index is 5.77. The molecule has 1 aliphatic heterocycles. The van der Waals surface area contributed by atoms with E-state index >= 15 is 0 Å². The molecule has 3 nitrogen and oxygen atoms in total. The Balaban J connectivity index is 2.38. The molecule has 0 saturated heterocycles. The van der Waals surface area contributed by atoms with Gasteiger partial charge in [-0.25, -0.2) is 0 Å². The molecule has 1 aliphatic rings. The molecule has 3 heteroatoms. The molecule has 0 aliphatic carbocycles. The highest BCUT2D eigenvalue weighted by atomic mass is 16.6. The van der Waals surface area contributed by atoms with Crippen molar-refractivity contribution in [3.63, 3.8) is 0 Å². The highest BCUT2D eigenvalue weighted by Crippen LogP contribution is 2.37. The molecule has 1 atom stereocenters. The summed E-state index contributed by atoms with van der Waals surface area (Å²) in [5.41, 5.74) is 2.44. The maximum Gasteiger partial charge on any atom is 0.166 e. The average molecular weight is 247 g/mol. The first-order valence-electron chi connectivity index (χ1n) is 6.49. The van der Waals surface area contributed by atoms with E-state index in [0.29, 0.717) is 13.2 Å². The first-order chi connectivity index (χ1) is 8.72. The summed E-state index contributed by atoms with van der Waals surface area (Å²) >= 11 is 0. The summed E-state index contributed by atoms with van der Waals surface area (Å²) in [5.74, 6) is 1.73. The Hall–Kier alpha value is -1.48. The van der Waals surface area contributed by atoms with E-state index in [0.717, 1.165) is 23.6 Å². The van der Waals surface area contributed by atoms with E-state index < -0.39 is 0 Å². The van der Waals surface area contributed by atoms with E-state index in [1.54, 1.807) is 0 Å². The third-order valence-corrected chi connectivity index (χ3v) is 2.86. The number of ether oxygens (including phenoxy) is 2. The third kappa shape index (κ3) is 2.85. The van der Waals surface area contributed by atoms with Crippen molar-refractivity contribution < 1.29 is 9.47 Å². The van der Waals surface area contributed by atoms with Crippen molar-refractivity contribution in [3.05, 3.63) is 35.4 Å². The molecule has 0 bridgehead atoms. The largest absolute Gasteiger partial charge is 0.486 e. The number of benzene rings is 1. The maximum atomic E-state index is 5.77. The third-order valence-electron chi connectivity index (χ3n) is 2.86. The number of nitrogens with one attached hydrogen (secondary N) is 1. The molecule has 0 fully saturated rings. The lowest BCUT2D eigenvalue weighted by Gasteiger charge is -2.24. The molecule has 1 aromatic rings. The predicted molar refractivity (Wildman–Crippen MR) is 73.3 cm³/mol. The van der Waals surface area contributed by atoms with Gasteiger partial charge in [0.1, 0.15) is 13.2 Å². The summed E-state index contributed by atoms with van der Waals surface area (Å²) in [6.07, 6.45) is 2.22. The van der Waals surface area contributed by atoms with E-state index in [-0.39, 0.29) is 6.04 Å². The van der Waals surface area contributed by atoms with E-state index in [1.807, 2.05) is 12.1 Å². The molecule has 0 aromatic heterocycles.